The van der Waals surface area contributed by atoms with Crippen LogP contribution in [0.3, 0.4) is 0 Å². The van der Waals surface area contributed by atoms with E-state index < -0.39 is 6.36 Å². The molecule has 0 aliphatic heterocycles. The summed E-state index contributed by atoms with van der Waals surface area (Å²) in [4.78, 5) is 13.6. The van der Waals surface area contributed by atoms with Crippen LogP contribution in [0.2, 0.25) is 0 Å². The second-order valence-corrected chi connectivity index (χ2v) is 8.77. The minimum absolute atomic E-state index is 0.113. The molecule has 2 heterocycles. The molecule has 4 aromatic rings. The van der Waals surface area contributed by atoms with Gasteiger partial charge in [-0.25, -0.2) is 9.97 Å². The average molecular weight is 474 g/mol. The van der Waals surface area contributed by atoms with Crippen LogP contribution in [-0.2, 0) is 0 Å². The molecular weight excluding hydrogens is 451 g/mol. The Morgan fingerprint density at radius 1 is 1.06 bits per heavy atom. The number of hydrogen-bond acceptors (Lipinski definition) is 7. The highest BCUT2D eigenvalue weighted by atomic mass is 32.1. The molecule has 0 amide bonds. The Kier molecular flexibility index (Phi) is 6.37. The Hall–Kier alpha value is -3.40. The molecule has 0 spiro atoms. The molecule has 172 valence electrons. The summed E-state index contributed by atoms with van der Waals surface area (Å²) >= 11 is 1.62. The fourth-order valence-corrected chi connectivity index (χ4v) is 3.97. The molecule has 0 aliphatic rings. The highest BCUT2D eigenvalue weighted by Gasteiger charge is 2.31. The zero-order chi connectivity index (χ0) is 23.6. The predicted molar refractivity (Wildman–Crippen MR) is 125 cm³/mol. The monoisotopic (exact) mass is 473 g/mol. The van der Waals surface area contributed by atoms with Crippen molar-refractivity contribution >= 4 is 39.0 Å². The number of benzene rings is 2. The third-order valence-corrected chi connectivity index (χ3v) is 5.80. The van der Waals surface area contributed by atoms with E-state index in [1.165, 1.54) is 18.2 Å². The number of ether oxygens (including phenoxy) is 1. The van der Waals surface area contributed by atoms with Crippen LogP contribution in [0, 0.1) is 6.92 Å². The van der Waals surface area contributed by atoms with Gasteiger partial charge in [0.1, 0.15) is 11.6 Å². The first-order chi connectivity index (χ1) is 15.7. The summed E-state index contributed by atoms with van der Waals surface area (Å²) in [6, 6.07) is 13.4. The topological polar surface area (TPSA) is 72.0 Å². The third-order valence-electron chi connectivity index (χ3n) is 4.84. The maximum Gasteiger partial charge on any atom is 0.573 e. The van der Waals surface area contributed by atoms with E-state index in [0.29, 0.717) is 23.0 Å². The van der Waals surface area contributed by atoms with Gasteiger partial charge in [0.15, 0.2) is 0 Å². The summed E-state index contributed by atoms with van der Waals surface area (Å²) in [7, 11) is 0. The first kappa shape index (κ1) is 22.8. The van der Waals surface area contributed by atoms with Gasteiger partial charge in [0.05, 0.1) is 20.9 Å². The van der Waals surface area contributed by atoms with Crippen LogP contribution in [0.25, 0.3) is 21.5 Å². The van der Waals surface area contributed by atoms with E-state index in [2.05, 4.69) is 30.3 Å². The van der Waals surface area contributed by atoms with Crippen molar-refractivity contribution in [1.82, 2.24) is 15.0 Å². The average Bonchev–Trinajstić information content (AvgIpc) is 3.11. The molecule has 0 saturated heterocycles. The lowest BCUT2D eigenvalue weighted by atomic mass is 10.1. The van der Waals surface area contributed by atoms with Crippen LogP contribution < -0.4 is 15.4 Å². The Morgan fingerprint density at radius 3 is 2.64 bits per heavy atom. The van der Waals surface area contributed by atoms with Gasteiger partial charge in [-0.2, -0.15) is 4.98 Å². The van der Waals surface area contributed by atoms with Gasteiger partial charge in [0.25, 0.3) is 0 Å². The van der Waals surface area contributed by atoms with Gasteiger partial charge in [-0.15, -0.1) is 24.5 Å². The number of aromatic nitrogens is 3. The number of nitrogens with one attached hydrogen (secondary N) is 2. The number of anilines is 3. The number of alkyl halides is 3. The summed E-state index contributed by atoms with van der Waals surface area (Å²) in [6.07, 6.45) is -3.92. The summed E-state index contributed by atoms with van der Waals surface area (Å²) < 4.78 is 43.2. The van der Waals surface area contributed by atoms with E-state index in [-0.39, 0.29) is 11.8 Å². The number of rotatable bonds is 7. The van der Waals surface area contributed by atoms with Crippen LogP contribution in [0.1, 0.15) is 25.3 Å². The van der Waals surface area contributed by atoms with E-state index in [1.54, 1.807) is 23.5 Å². The lowest BCUT2D eigenvalue weighted by molar-refractivity contribution is -0.274. The lowest BCUT2D eigenvalue weighted by Gasteiger charge is -2.15. The minimum atomic E-state index is -4.77. The molecule has 2 N–H and O–H groups in total. The van der Waals surface area contributed by atoms with Gasteiger partial charge in [-0.05, 0) is 50.6 Å². The van der Waals surface area contributed by atoms with Crippen molar-refractivity contribution in [3.63, 3.8) is 0 Å². The summed E-state index contributed by atoms with van der Waals surface area (Å²) in [5.41, 5.74) is 2.60. The van der Waals surface area contributed by atoms with Crippen LogP contribution in [0.4, 0.5) is 30.6 Å². The fraction of sp³-hybridized carbons (Fsp3) is 0.261. The number of fused-ring (bicyclic) bond motifs is 1. The van der Waals surface area contributed by atoms with Crippen molar-refractivity contribution in [2.75, 3.05) is 10.6 Å². The van der Waals surface area contributed by atoms with E-state index in [1.807, 2.05) is 39.0 Å². The molecule has 0 radical (unpaired) electrons. The number of nitrogens with zero attached hydrogens (tertiary/aromatic N) is 3. The molecule has 33 heavy (non-hydrogen) atoms. The number of aryl methyl sites for hydroxylation is 1. The Morgan fingerprint density at radius 2 is 1.88 bits per heavy atom. The van der Waals surface area contributed by atoms with Gasteiger partial charge in [-0.1, -0.05) is 19.1 Å². The SMILES string of the molecule is CC[C@H](C)Nc1nc(Nc2ccc3sc(C)nc3c2)cc(-c2cccc(OC(F)(F)F)c2)n1. The van der Waals surface area contributed by atoms with Gasteiger partial charge in [-0.3, -0.25) is 0 Å². The molecule has 4 rings (SSSR count). The van der Waals surface area contributed by atoms with Gasteiger partial charge in [0.2, 0.25) is 5.95 Å². The van der Waals surface area contributed by atoms with E-state index in [4.69, 9.17) is 0 Å². The van der Waals surface area contributed by atoms with Gasteiger partial charge < -0.3 is 15.4 Å². The largest absolute Gasteiger partial charge is 0.573 e. The van der Waals surface area contributed by atoms with E-state index in [9.17, 15) is 13.2 Å². The molecule has 10 heteroatoms. The number of thiazole rings is 1. The second kappa shape index (κ2) is 9.22. The van der Waals surface area contributed by atoms with Gasteiger partial charge in [0, 0.05) is 23.4 Å². The predicted octanol–water partition coefficient (Wildman–Crippen LogP) is 6.91. The zero-order valence-corrected chi connectivity index (χ0v) is 19.0. The van der Waals surface area contributed by atoms with Crippen LogP contribution in [-0.4, -0.2) is 27.4 Å². The smallest absolute Gasteiger partial charge is 0.406 e. The van der Waals surface area contributed by atoms with Crippen molar-refractivity contribution in [3.05, 3.63) is 53.5 Å². The highest BCUT2D eigenvalue weighted by molar-refractivity contribution is 7.18. The molecule has 2 aromatic carbocycles. The van der Waals surface area contributed by atoms with Gasteiger partial charge >= 0.3 is 6.36 Å². The van der Waals surface area contributed by atoms with Crippen molar-refractivity contribution < 1.29 is 17.9 Å². The number of hydrogen-bond donors (Lipinski definition) is 2. The molecule has 6 nitrogen and oxygen atoms in total. The van der Waals surface area contributed by atoms with Crippen molar-refractivity contribution in [3.8, 4) is 17.0 Å². The molecule has 1 atom stereocenters. The standard InChI is InChI=1S/C23H22F3N5OS/c1-4-13(2)27-22-30-18(15-6-5-7-17(10-15)32-23(24,25)26)12-21(31-22)29-16-8-9-20-19(11-16)28-14(3)33-20/h5-13H,4H2,1-3H3,(H2,27,29,30,31)/t13-/m0/s1. The second-order valence-electron chi connectivity index (χ2n) is 7.53. The zero-order valence-electron chi connectivity index (χ0n) is 18.2. The third kappa shape index (κ3) is 5.89. The molecule has 0 fully saturated rings. The molecule has 0 saturated carbocycles. The first-order valence-corrected chi connectivity index (χ1v) is 11.2. The number of halogens is 3. The molecular formula is C23H22F3N5OS. The molecule has 2 aromatic heterocycles. The summed E-state index contributed by atoms with van der Waals surface area (Å²) in [6.45, 7) is 5.99. The van der Waals surface area contributed by atoms with E-state index >= 15 is 0 Å². The molecule has 0 bridgehead atoms. The first-order valence-electron chi connectivity index (χ1n) is 10.3. The molecule has 0 aliphatic carbocycles. The fourth-order valence-electron chi connectivity index (χ4n) is 3.17. The van der Waals surface area contributed by atoms with Crippen LogP contribution in [0.5, 0.6) is 5.75 Å². The summed E-state index contributed by atoms with van der Waals surface area (Å²) in [5, 5.41) is 7.47. The van der Waals surface area contributed by atoms with Crippen molar-refractivity contribution in [2.45, 2.75) is 39.6 Å². The Balaban J connectivity index is 1.70. The summed E-state index contributed by atoms with van der Waals surface area (Å²) in [5.74, 6) is 0.560. The Bertz CT molecular complexity index is 1270. The van der Waals surface area contributed by atoms with Crippen LogP contribution in [0.15, 0.2) is 48.5 Å². The highest BCUT2D eigenvalue weighted by Crippen LogP contribution is 2.30. The Labute approximate surface area is 192 Å². The normalized spacial score (nSPS) is 12.5. The molecule has 0 unspecified atom stereocenters. The maximum absolute atomic E-state index is 12.7. The maximum atomic E-state index is 12.7. The van der Waals surface area contributed by atoms with Crippen molar-refractivity contribution in [2.24, 2.45) is 0 Å². The minimum Gasteiger partial charge on any atom is -0.406 e. The van der Waals surface area contributed by atoms with E-state index in [0.717, 1.165) is 27.3 Å². The van der Waals surface area contributed by atoms with Crippen LogP contribution >= 0.6 is 11.3 Å². The van der Waals surface area contributed by atoms with Crippen molar-refractivity contribution in [1.29, 1.82) is 0 Å². The lowest BCUT2D eigenvalue weighted by Crippen LogP contribution is -2.17. The quantitative estimate of drug-likeness (QED) is 0.304.